The molecular weight excluding hydrogens is 239 g/mol. The summed E-state index contributed by atoms with van der Waals surface area (Å²) in [5.41, 5.74) is 0.783. The van der Waals surface area contributed by atoms with E-state index in [2.05, 4.69) is 4.98 Å². The minimum absolute atomic E-state index is 0.592. The lowest BCUT2D eigenvalue weighted by molar-refractivity contribution is 1.03. The summed E-state index contributed by atoms with van der Waals surface area (Å²) in [5.74, 6) is 0. The van der Waals surface area contributed by atoms with Crippen LogP contribution in [0, 0.1) is 4.77 Å². The third kappa shape index (κ3) is 1.71. The lowest BCUT2D eigenvalue weighted by Gasteiger charge is -2.04. The van der Waals surface area contributed by atoms with E-state index in [-0.39, 0.29) is 0 Å². The van der Waals surface area contributed by atoms with Gasteiger partial charge < -0.3 is 4.98 Å². The van der Waals surface area contributed by atoms with Crippen molar-refractivity contribution in [2.24, 2.45) is 0 Å². The van der Waals surface area contributed by atoms with Crippen molar-refractivity contribution in [3.8, 4) is 5.69 Å². The molecule has 2 rings (SSSR count). The minimum atomic E-state index is 0.592. The van der Waals surface area contributed by atoms with Crippen LogP contribution in [0.1, 0.15) is 0 Å². The molecule has 1 N–H and O–H groups in total. The third-order valence-electron chi connectivity index (χ3n) is 1.82. The van der Waals surface area contributed by atoms with Crippen LogP contribution >= 0.6 is 35.4 Å². The van der Waals surface area contributed by atoms with E-state index in [1.807, 2.05) is 0 Å². The Kier molecular flexibility index (Phi) is 2.63. The Morgan fingerprint density at radius 2 is 2.07 bits per heavy atom. The first kappa shape index (κ1) is 9.77. The van der Waals surface area contributed by atoms with Crippen molar-refractivity contribution in [3.63, 3.8) is 0 Å². The molecule has 1 aromatic heterocycles. The number of H-pyrrole nitrogens is 1. The molecule has 1 aromatic carbocycles. The van der Waals surface area contributed by atoms with E-state index < -0.39 is 0 Å². The number of imidazole rings is 1. The van der Waals surface area contributed by atoms with Crippen molar-refractivity contribution in [1.29, 1.82) is 0 Å². The van der Waals surface area contributed by atoms with E-state index in [1.54, 1.807) is 35.2 Å². The highest BCUT2D eigenvalue weighted by molar-refractivity contribution is 7.71. The van der Waals surface area contributed by atoms with Crippen LogP contribution in [0.3, 0.4) is 0 Å². The molecule has 0 unspecified atom stereocenters. The quantitative estimate of drug-likeness (QED) is 0.757. The minimum Gasteiger partial charge on any atom is -0.337 e. The number of benzene rings is 1. The first-order chi connectivity index (χ1) is 6.68. The second kappa shape index (κ2) is 3.77. The largest absolute Gasteiger partial charge is 0.337 e. The molecule has 0 saturated heterocycles. The zero-order valence-electron chi connectivity index (χ0n) is 7.00. The van der Waals surface area contributed by atoms with E-state index in [0.717, 1.165) is 5.69 Å². The van der Waals surface area contributed by atoms with Crippen LogP contribution < -0.4 is 0 Å². The van der Waals surface area contributed by atoms with Crippen LogP contribution in [-0.4, -0.2) is 9.55 Å². The molecule has 0 amide bonds. The maximum absolute atomic E-state index is 6.02. The van der Waals surface area contributed by atoms with Gasteiger partial charge >= 0.3 is 0 Å². The maximum atomic E-state index is 6.02. The topological polar surface area (TPSA) is 20.7 Å². The van der Waals surface area contributed by atoms with Gasteiger partial charge in [0.25, 0.3) is 0 Å². The smallest absolute Gasteiger partial charge is 0.181 e. The van der Waals surface area contributed by atoms with E-state index in [1.165, 1.54) is 0 Å². The predicted molar refractivity (Wildman–Crippen MR) is 61.0 cm³/mol. The maximum Gasteiger partial charge on any atom is 0.181 e. The van der Waals surface area contributed by atoms with Gasteiger partial charge in [0, 0.05) is 17.4 Å². The molecule has 0 radical (unpaired) electrons. The summed E-state index contributed by atoms with van der Waals surface area (Å²) in [6.45, 7) is 0. The van der Waals surface area contributed by atoms with E-state index in [4.69, 9.17) is 35.4 Å². The van der Waals surface area contributed by atoms with Crippen LogP contribution in [0.15, 0.2) is 30.6 Å². The highest BCUT2D eigenvalue weighted by Gasteiger charge is 2.03. The Morgan fingerprint density at radius 1 is 1.29 bits per heavy atom. The lowest BCUT2D eigenvalue weighted by Crippen LogP contribution is -1.92. The molecule has 14 heavy (non-hydrogen) atoms. The van der Waals surface area contributed by atoms with E-state index >= 15 is 0 Å². The molecule has 0 aliphatic heterocycles. The molecule has 72 valence electrons. The van der Waals surface area contributed by atoms with Gasteiger partial charge in [0.1, 0.15) is 0 Å². The van der Waals surface area contributed by atoms with Crippen molar-refractivity contribution < 1.29 is 0 Å². The van der Waals surface area contributed by atoms with E-state index in [0.29, 0.717) is 14.8 Å². The predicted octanol–water partition coefficient (Wildman–Crippen LogP) is 3.84. The van der Waals surface area contributed by atoms with Gasteiger partial charge in [0.15, 0.2) is 4.77 Å². The number of aromatic amines is 1. The van der Waals surface area contributed by atoms with Crippen LogP contribution in [0.2, 0.25) is 10.0 Å². The standard InChI is InChI=1S/C9H6Cl2N2S/c10-6-1-2-7(11)8(5-6)13-4-3-12-9(13)14/h1-5H,(H,12,14). The van der Waals surface area contributed by atoms with Crippen molar-refractivity contribution in [2.45, 2.75) is 0 Å². The molecule has 1 heterocycles. The number of nitrogens with zero attached hydrogens (tertiary/aromatic N) is 1. The average molecular weight is 245 g/mol. The van der Waals surface area contributed by atoms with Gasteiger partial charge in [-0.1, -0.05) is 23.2 Å². The summed E-state index contributed by atoms with van der Waals surface area (Å²) in [4.78, 5) is 2.89. The Bertz CT molecular complexity index is 516. The zero-order valence-corrected chi connectivity index (χ0v) is 9.33. The SMILES string of the molecule is S=c1[nH]ccn1-c1cc(Cl)ccc1Cl. The summed E-state index contributed by atoms with van der Waals surface area (Å²) in [6, 6.07) is 5.26. The van der Waals surface area contributed by atoms with Crippen molar-refractivity contribution in [3.05, 3.63) is 45.4 Å². The molecule has 0 atom stereocenters. The Hall–Kier alpha value is -0.770. The highest BCUT2D eigenvalue weighted by Crippen LogP contribution is 2.24. The van der Waals surface area contributed by atoms with Crippen LogP contribution in [0.4, 0.5) is 0 Å². The molecule has 2 aromatic rings. The van der Waals surface area contributed by atoms with Gasteiger partial charge in [-0.05, 0) is 30.4 Å². The number of hydrogen-bond acceptors (Lipinski definition) is 1. The Balaban J connectivity index is 2.68. The number of rotatable bonds is 1. The Morgan fingerprint density at radius 3 is 2.71 bits per heavy atom. The number of halogens is 2. The van der Waals surface area contributed by atoms with Crippen molar-refractivity contribution >= 4 is 35.4 Å². The number of aromatic nitrogens is 2. The summed E-state index contributed by atoms with van der Waals surface area (Å²) in [6.07, 6.45) is 3.56. The summed E-state index contributed by atoms with van der Waals surface area (Å²) in [5, 5.41) is 1.25. The van der Waals surface area contributed by atoms with E-state index in [9.17, 15) is 0 Å². The van der Waals surface area contributed by atoms with Gasteiger partial charge in [-0.3, -0.25) is 4.57 Å². The molecular formula is C9H6Cl2N2S. The van der Waals surface area contributed by atoms with Gasteiger partial charge in [-0.2, -0.15) is 0 Å². The third-order valence-corrected chi connectivity index (χ3v) is 2.69. The monoisotopic (exact) mass is 244 g/mol. The fraction of sp³-hybridized carbons (Fsp3) is 0. The van der Waals surface area contributed by atoms with Gasteiger partial charge in [0.05, 0.1) is 10.7 Å². The van der Waals surface area contributed by atoms with Crippen LogP contribution in [-0.2, 0) is 0 Å². The number of nitrogens with one attached hydrogen (secondary N) is 1. The molecule has 0 aliphatic rings. The molecule has 2 nitrogen and oxygen atoms in total. The molecule has 0 fully saturated rings. The number of hydrogen-bond donors (Lipinski definition) is 1. The average Bonchev–Trinajstić information content (AvgIpc) is 2.56. The molecule has 0 bridgehead atoms. The normalized spacial score (nSPS) is 10.4. The Labute approximate surface area is 96.1 Å². The van der Waals surface area contributed by atoms with Crippen molar-refractivity contribution in [1.82, 2.24) is 9.55 Å². The van der Waals surface area contributed by atoms with Crippen LogP contribution in [0.25, 0.3) is 5.69 Å². The molecule has 0 spiro atoms. The van der Waals surface area contributed by atoms with Crippen molar-refractivity contribution in [2.75, 3.05) is 0 Å². The zero-order chi connectivity index (χ0) is 10.1. The summed E-state index contributed by atoms with van der Waals surface area (Å²) >= 11 is 17.0. The van der Waals surface area contributed by atoms with Gasteiger partial charge in [-0.15, -0.1) is 0 Å². The second-order valence-electron chi connectivity index (χ2n) is 2.73. The fourth-order valence-corrected chi connectivity index (χ4v) is 1.78. The van der Waals surface area contributed by atoms with Gasteiger partial charge in [-0.25, -0.2) is 0 Å². The first-order valence-electron chi connectivity index (χ1n) is 3.90. The molecule has 0 aliphatic carbocycles. The van der Waals surface area contributed by atoms with Crippen LogP contribution in [0.5, 0.6) is 0 Å². The van der Waals surface area contributed by atoms with Gasteiger partial charge in [0.2, 0.25) is 0 Å². The lowest BCUT2D eigenvalue weighted by atomic mass is 10.3. The first-order valence-corrected chi connectivity index (χ1v) is 5.06. The molecule has 0 saturated carbocycles. The summed E-state index contributed by atoms with van der Waals surface area (Å²) in [7, 11) is 0. The highest BCUT2D eigenvalue weighted by atomic mass is 35.5. The second-order valence-corrected chi connectivity index (χ2v) is 3.96. The molecule has 5 heteroatoms. The summed E-state index contributed by atoms with van der Waals surface area (Å²) < 4.78 is 2.36. The fourth-order valence-electron chi connectivity index (χ4n) is 1.18.